The number of hydrogen-bond acceptors (Lipinski definition) is 4. The van der Waals surface area contributed by atoms with Gasteiger partial charge in [-0.25, -0.2) is 0 Å². The van der Waals surface area contributed by atoms with Gasteiger partial charge in [-0.15, -0.1) is 0 Å². The molecular weight excluding hydrogens is 250 g/mol. The Morgan fingerprint density at radius 3 is 2.89 bits per heavy atom. The number of rotatable bonds is 4. The van der Waals surface area contributed by atoms with Crippen molar-refractivity contribution in [3.63, 3.8) is 0 Å². The minimum atomic E-state index is 0.0672. The van der Waals surface area contributed by atoms with Gasteiger partial charge < -0.3 is 15.4 Å². The minimum Gasteiger partial charge on any atom is -0.489 e. The summed E-state index contributed by atoms with van der Waals surface area (Å²) in [6, 6.07) is 7.39. The molecule has 5 heteroatoms. The van der Waals surface area contributed by atoms with Gasteiger partial charge in [0.2, 0.25) is 0 Å². The van der Waals surface area contributed by atoms with Gasteiger partial charge in [0, 0.05) is 18.1 Å². The van der Waals surface area contributed by atoms with Gasteiger partial charge in [0.15, 0.2) is 5.96 Å². The van der Waals surface area contributed by atoms with Crippen LogP contribution in [0.3, 0.4) is 0 Å². The average molecular weight is 268 g/mol. The monoisotopic (exact) mass is 267 g/mol. The normalized spacial score (nSPS) is 16.4. The van der Waals surface area contributed by atoms with E-state index < -0.39 is 0 Å². The Kier molecular flexibility index (Phi) is 4.70. The molecule has 0 bridgehead atoms. The van der Waals surface area contributed by atoms with Gasteiger partial charge in [0.05, 0.1) is 6.54 Å². The average Bonchev–Trinajstić information content (AvgIpc) is 2.40. The molecule has 0 unspecified atom stereocenters. The largest absolute Gasteiger partial charge is 0.489 e. The summed E-state index contributed by atoms with van der Waals surface area (Å²) in [5, 5.41) is 7.17. The third kappa shape index (κ3) is 4.11. The number of benzene rings is 1. The third-order valence-electron chi connectivity index (χ3n) is 2.61. The van der Waals surface area contributed by atoms with Gasteiger partial charge in [0.25, 0.3) is 0 Å². The molecule has 0 aliphatic carbocycles. The van der Waals surface area contributed by atoms with Crippen LogP contribution in [0.5, 0.6) is 5.75 Å². The molecule has 0 fully saturated rings. The van der Waals surface area contributed by atoms with Crippen LogP contribution in [-0.2, 0) is 0 Å². The predicted octanol–water partition coefficient (Wildman–Crippen LogP) is 2.05. The lowest BCUT2D eigenvalue weighted by molar-refractivity contribution is 0.223. The number of guanidine groups is 1. The molecule has 2 N–H and O–H groups in total. The first-order valence-corrected chi connectivity index (χ1v) is 6.56. The molecule has 0 saturated heterocycles. The molecule has 4 nitrogen and oxygen atoms in total. The topological polar surface area (TPSA) is 45.7 Å². The summed E-state index contributed by atoms with van der Waals surface area (Å²) < 4.78 is 5.76. The van der Waals surface area contributed by atoms with E-state index in [1.807, 2.05) is 31.2 Å². The van der Waals surface area contributed by atoms with E-state index in [-0.39, 0.29) is 6.10 Å². The predicted molar refractivity (Wildman–Crippen MR) is 74.5 cm³/mol. The van der Waals surface area contributed by atoms with E-state index in [9.17, 15) is 0 Å². The molecule has 0 radical (unpaired) electrons. The highest BCUT2D eigenvalue weighted by Crippen LogP contribution is 2.16. The second-order valence-corrected chi connectivity index (χ2v) is 4.71. The first kappa shape index (κ1) is 13.0. The van der Waals surface area contributed by atoms with Crippen LogP contribution in [0.2, 0.25) is 5.02 Å². The summed E-state index contributed by atoms with van der Waals surface area (Å²) in [6.07, 6.45) is 1.17. The van der Waals surface area contributed by atoms with E-state index in [0.717, 1.165) is 31.2 Å². The molecule has 0 amide bonds. The Balaban J connectivity index is 1.76. The van der Waals surface area contributed by atoms with Crippen LogP contribution in [0.4, 0.5) is 0 Å². The van der Waals surface area contributed by atoms with Gasteiger partial charge in [-0.05, 0) is 37.6 Å². The summed E-state index contributed by atoms with van der Waals surface area (Å²) >= 11 is 5.82. The molecule has 1 heterocycles. The van der Waals surface area contributed by atoms with Crippen LogP contribution in [0.1, 0.15) is 13.3 Å². The Hall–Kier alpha value is -1.42. The SMILES string of the molecule is C[C@@H](CNC1=NCCCN1)Oc1ccc(Cl)cc1. The number of aliphatic imine (C=N–C) groups is 1. The molecule has 0 spiro atoms. The molecule has 18 heavy (non-hydrogen) atoms. The van der Waals surface area contributed by atoms with Crippen LogP contribution in [-0.4, -0.2) is 31.7 Å². The van der Waals surface area contributed by atoms with E-state index in [2.05, 4.69) is 15.6 Å². The number of hydrogen-bond donors (Lipinski definition) is 2. The van der Waals surface area contributed by atoms with E-state index in [1.165, 1.54) is 0 Å². The minimum absolute atomic E-state index is 0.0672. The van der Waals surface area contributed by atoms with Crippen LogP contribution in [0.25, 0.3) is 0 Å². The molecule has 1 aliphatic heterocycles. The maximum Gasteiger partial charge on any atom is 0.191 e. The van der Waals surface area contributed by atoms with Crippen LogP contribution >= 0.6 is 11.6 Å². The summed E-state index contributed by atoms with van der Waals surface area (Å²) in [5.41, 5.74) is 0. The van der Waals surface area contributed by atoms with Crippen LogP contribution < -0.4 is 15.4 Å². The Morgan fingerprint density at radius 2 is 2.22 bits per heavy atom. The van der Waals surface area contributed by atoms with Crippen LogP contribution in [0.15, 0.2) is 29.3 Å². The van der Waals surface area contributed by atoms with E-state index >= 15 is 0 Å². The highest BCUT2D eigenvalue weighted by molar-refractivity contribution is 6.30. The van der Waals surface area contributed by atoms with Crippen molar-refractivity contribution in [1.82, 2.24) is 10.6 Å². The van der Waals surface area contributed by atoms with Crippen molar-refractivity contribution in [1.29, 1.82) is 0 Å². The van der Waals surface area contributed by atoms with Crippen molar-refractivity contribution in [3.05, 3.63) is 29.3 Å². The molecule has 2 rings (SSSR count). The summed E-state index contributed by atoms with van der Waals surface area (Å²) in [7, 11) is 0. The quantitative estimate of drug-likeness (QED) is 0.878. The van der Waals surface area contributed by atoms with E-state index in [4.69, 9.17) is 16.3 Å². The number of halogens is 1. The molecule has 0 aromatic heterocycles. The fourth-order valence-corrected chi connectivity index (χ4v) is 1.80. The second-order valence-electron chi connectivity index (χ2n) is 4.27. The maximum atomic E-state index is 5.82. The molecule has 98 valence electrons. The fraction of sp³-hybridized carbons (Fsp3) is 0.462. The first-order valence-electron chi connectivity index (χ1n) is 6.18. The zero-order valence-corrected chi connectivity index (χ0v) is 11.2. The van der Waals surface area contributed by atoms with Gasteiger partial charge in [-0.1, -0.05) is 11.6 Å². The third-order valence-corrected chi connectivity index (χ3v) is 2.86. The molecule has 1 atom stereocenters. The molecule has 1 aromatic carbocycles. The molecule has 0 saturated carbocycles. The van der Waals surface area contributed by atoms with Gasteiger partial charge in [-0.3, -0.25) is 4.99 Å². The standard InChI is InChI=1S/C13H18ClN3O/c1-10(9-17-13-15-7-2-8-16-13)18-12-5-3-11(14)4-6-12/h3-6,10H,2,7-9H2,1H3,(H2,15,16,17)/t10-/m0/s1. The van der Waals surface area contributed by atoms with Crippen molar-refractivity contribution in [3.8, 4) is 5.75 Å². The Bertz CT molecular complexity index is 405. The van der Waals surface area contributed by atoms with Crippen molar-refractivity contribution in [2.45, 2.75) is 19.4 Å². The lowest BCUT2D eigenvalue weighted by Crippen LogP contribution is -2.44. The summed E-state index contributed by atoms with van der Waals surface area (Å²) in [5.74, 6) is 1.69. The zero-order chi connectivity index (χ0) is 12.8. The van der Waals surface area contributed by atoms with Crippen molar-refractivity contribution in [2.75, 3.05) is 19.6 Å². The summed E-state index contributed by atoms with van der Waals surface area (Å²) in [6.45, 7) is 4.61. The lowest BCUT2D eigenvalue weighted by atomic mass is 10.3. The highest BCUT2D eigenvalue weighted by Gasteiger charge is 2.07. The smallest absolute Gasteiger partial charge is 0.191 e. The zero-order valence-electron chi connectivity index (χ0n) is 10.4. The van der Waals surface area contributed by atoms with Crippen molar-refractivity contribution >= 4 is 17.6 Å². The fourth-order valence-electron chi connectivity index (χ4n) is 1.68. The number of nitrogens with zero attached hydrogens (tertiary/aromatic N) is 1. The molecule has 1 aliphatic rings. The number of nitrogens with one attached hydrogen (secondary N) is 2. The molecule has 1 aromatic rings. The highest BCUT2D eigenvalue weighted by atomic mass is 35.5. The van der Waals surface area contributed by atoms with Crippen LogP contribution in [0, 0.1) is 0 Å². The van der Waals surface area contributed by atoms with Gasteiger partial charge in [-0.2, -0.15) is 0 Å². The first-order chi connectivity index (χ1) is 8.74. The second kappa shape index (κ2) is 6.50. The van der Waals surface area contributed by atoms with Gasteiger partial charge >= 0.3 is 0 Å². The summed E-state index contributed by atoms with van der Waals surface area (Å²) in [4.78, 5) is 4.34. The number of ether oxygens (including phenoxy) is 1. The maximum absolute atomic E-state index is 5.82. The molecular formula is C13H18ClN3O. The Morgan fingerprint density at radius 1 is 1.44 bits per heavy atom. The van der Waals surface area contributed by atoms with Crippen molar-refractivity contribution in [2.24, 2.45) is 4.99 Å². The van der Waals surface area contributed by atoms with Crippen molar-refractivity contribution < 1.29 is 4.74 Å². The Labute approximate surface area is 112 Å². The van der Waals surface area contributed by atoms with Gasteiger partial charge in [0.1, 0.15) is 11.9 Å². The van der Waals surface area contributed by atoms with E-state index in [1.54, 1.807) is 0 Å². The van der Waals surface area contributed by atoms with E-state index in [0.29, 0.717) is 11.6 Å². The lowest BCUT2D eigenvalue weighted by Gasteiger charge is -2.19.